The number of hydrogen-bond donors (Lipinski definition) is 0. The summed E-state index contributed by atoms with van der Waals surface area (Å²) in [5, 5.41) is 0.511. The topological polar surface area (TPSA) is 32.8 Å². The fourth-order valence-electron chi connectivity index (χ4n) is 3.80. The summed E-state index contributed by atoms with van der Waals surface area (Å²) in [6, 6.07) is 15.2. The summed E-state index contributed by atoms with van der Waals surface area (Å²) in [4.78, 5) is 18.0. The predicted octanol–water partition coefficient (Wildman–Crippen LogP) is 4.66. The average Bonchev–Trinajstić information content (AvgIpc) is 3.14. The Morgan fingerprint density at radius 3 is 2.60 bits per heavy atom. The zero-order chi connectivity index (χ0) is 20.9. The van der Waals surface area contributed by atoms with Crippen LogP contribution in [0, 0.1) is 5.82 Å². The number of carbonyl (C=O) groups is 1. The molecule has 4 nitrogen and oxygen atoms in total. The molecule has 0 spiro atoms. The second-order valence-corrected chi connectivity index (χ2v) is 8.41. The van der Waals surface area contributed by atoms with E-state index in [1.165, 1.54) is 23.0 Å². The van der Waals surface area contributed by atoms with Gasteiger partial charge in [-0.2, -0.15) is 0 Å². The van der Waals surface area contributed by atoms with E-state index >= 15 is 0 Å². The number of carbonyl (C=O) groups excluding carboxylic acids is 1. The van der Waals surface area contributed by atoms with Crippen LogP contribution >= 0.6 is 11.3 Å². The first kappa shape index (κ1) is 20.7. The minimum Gasteiger partial charge on any atom is -0.380 e. The molecule has 2 aromatic carbocycles. The lowest BCUT2D eigenvalue weighted by Gasteiger charge is -2.34. The van der Waals surface area contributed by atoms with Crippen molar-refractivity contribution in [2.45, 2.75) is 6.61 Å². The molecule has 156 valence electrons. The Hall–Kier alpha value is -2.54. The predicted molar refractivity (Wildman–Crippen MR) is 120 cm³/mol. The first-order chi connectivity index (χ1) is 14.7. The Morgan fingerprint density at radius 1 is 1.10 bits per heavy atom. The van der Waals surface area contributed by atoms with Crippen molar-refractivity contribution in [1.29, 1.82) is 0 Å². The monoisotopic (exact) mass is 424 g/mol. The maximum absolute atomic E-state index is 14.4. The number of hydrogen-bond acceptors (Lipinski definition) is 4. The van der Waals surface area contributed by atoms with Crippen molar-refractivity contribution in [3.8, 4) is 0 Å². The molecule has 0 saturated carbocycles. The molecule has 6 heteroatoms. The third-order valence-corrected chi connectivity index (χ3v) is 6.56. The van der Waals surface area contributed by atoms with E-state index in [0.29, 0.717) is 28.9 Å². The highest BCUT2D eigenvalue weighted by molar-refractivity contribution is 7.21. The van der Waals surface area contributed by atoms with Gasteiger partial charge < -0.3 is 9.64 Å². The SMILES string of the molecule is COCc1c(C(=O)N2CCN(C/C=C/c3ccccc3)CC2)sc2cccc(F)c12. The van der Waals surface area contributed by atoms with Gasteiger partial charge >= 0.3 is 0 Å². The Bertz CT molecular complexity index is 1040. The van der Waals surface area contributed by atoms with Crippen LogP contribution in [0.2, 0.25) is 0 Å². The maximum Gasteiger partial charge on any atom is 0.264 e. The van der Waals surface area contributed by atoms with Crippen LogP contribution in [0.1, 0.15) is 20.8 Å². The lowest BCUT2D eigenvalue weighted by molar-refractivity contribution is 0.0651. The quantitative estimate of drug-likeness (QED) is 0.577. The molecule has 0 atom stereocenters. The number of methoxy groups -OCH3 is 1. The van der Waals surface area contributed by atoms with Crippen LogP contribution in [-0.4, -0.2) is 55.5 Å². The highest BCUT2D eigenvalue weighted by Gasteiger charge is 2.27. The third kappa shape index (κ3) is 4.46. The lowest BCUT2D eigenvalue weighted by atomic mass is 10.1. The number of rotatable bonds is 6. The Morgan fingerprint density at radius 2 is 1.87 bits per heavy atom. The fraction of sp³-hybridized carbons (Fsp3) is 0.292. The van der Waals surface area contributed by atoms with E-state index in [1.54, 1.807) is 13.2 Å². The molecule has 1 aliphatic heterocycles. The summed E-state index contributed by atoms with van der Waals surface area (Å²) in [7, 11) is 1.57. The molecule has 0 N–H and O–H groups in total. The van der Waals surface area contributed by atoms with Gasteiger partial charge in [0.05, 0.1) is 11.5 Å². The van der Waals surface area contributed by atoms with Crippen molar-refractivity contribution in [3.63, 3.8) is 0 Å². The second kappa shape index (κ2) is 9.51. The van der Waals surface area contributed by atoms with Crippen LogP contribution in [0.5, 0.6) is 0 Å². The van der Waals surface area contributed by atoms with Gasteiger partial charge in [0.25, 0.3) is 5.91 Å². The standard InChI is InChI=1S/C24H25FN2O2S/c1-29-17-19-22-20(25)10-5-11-21(22)30-23(19)24(28)27-15-13-26(14-16-27)12-6-9-18-7-3-2-4-8-18/h2-11H,12-17H2,1H3/b9-6+. The van der Waals surface area contributed by atoms with E-state index in [0.717, 1.165) is 24.3 Å². The van der Waals surface area contributed by atoms with Crippen LogP contribution in [0.25, 0.3) is 16.2 Å². The Labute approximate surface area is 180 Å². The summed E-state index contributed by atoms with van der Waals surface area (Å²) >= 11 is 1.36. The molecule has 1 fully saturated rings. The minimum atomic E-state index is -0.301. The van der Waals surface area contributed by atoms with Gasteiger partial charge in [-0.15, -0.1) is 11.3 Å². The summed E-state index contributed by atoms with van der Waals surface area (Å²) in [6.07, 6.45) is 4.29. The van der Waals surface area contributed by atoms with Crippen LogP contribution < -0.4 is 0 Å². The number of thiophene rings is 1. The average molecular weight is 425 g/mol. The lowest BCUT2D eigenvalue weighted by Crippen LogP contribution is -2.48. The summed E-state index contributed by atoms with van der Waals surface area (Å²) < 4.78 is 20.5. The smallest absolute Gasteiger partial charge is 0.264 e. The van der Waals surface area contributed by atoms with Crippen molar-refractivity contribution in [2.24, 2.45) is 0 Å². The summed E-state index contributed by atoms with van der Waals surface area (Å²) in [5.74, 6) is -0.327. The molecule has 2 heterocycles. The number of fused-ring (bicyclic) bond motifs is 1. The van der Waals surface area contributed by atoms with Gasteiger partial charge in [0, 0.05) is 55.5 Å². The number of halogens is 1. The van der Waals surface area contributed by atoms with Crippen LogP contribution in [-0.2, 0) is 11.3 Å². The van der Waals surface area contributed by atoms with Gasteiger partial charge in [0.1, 0.15) is 5.82 Å². The molecule has 0 unspecified atom stereocenters. The van der Waals surface area contributed by atoms with Gasteiger partial charge in [-0.25, -0.2) is 4.39 Å². The first-order valence-electron chi connectivity index (χ1n) is 10.1. The van der Waals surface area contributed by atoms with Crippen molar-refractivity contribution in [2.75, 3.05) is 39.8 Å². The van der Waals surface area contributed by atoms with Gasteiger partial charge in [-0.3, -0.25) is 9.69 Å². The number of piperazine rings is 1. The molecule has 1 aromatic heterocycles. The molecule has 0 bridgehead atoms. The van der Waals surface area contributed by atoms with Crippen molar-refractivity contribution >= 4 is 33.4 Å². The molecular formula is C24H25FN2O2S. The van der Waals surface area contributed by atoms with Crippen LogP contribution in [0.3, 0.4) is 0 Å². The summed E-state index contributed by atoms with van der Waals surface area (Å²) in [5.41, 5.74) is 1.85. The van der Waals surface area contributed by atoms with Crippen molar-refractivity contribution in [1.82, 2.24) is 9.80 Å². The highest BCUT2D eigenvalue weighted by atomic mass is 32.1. The third-order valence-electron chi connectivity index (χ3n) is 5.38. The number of amides is 1. The van der Waals surface area contributed by atoms with Gasteiger partial charge in [0.2, 0.25) is 0 Å². The zero-order valence-corrected chi connectivity index (χ0v) is 17.8. The van der Waals surface area contributed by atoms with E-state index in [2.05, 4.69) is 29.2 Å². The Balaban J connectivity index is 1.41. The maximum atomic E-state index is 14.4. The molecule has 30 heavy (non-hydrogen) atoms. The second-order valence-electron chi connectivity index (χ2n) is 7.36. The zero-order valence-electron chi connectivity index (χ0n) is 17.0. The molecular weight excluding hydrogens is 399 g/mol. The first-order valence-corrected chi connectivity index (χ1v) is 10.9. The van der Waals surface area contributed by atoms with Gasteiger partial charge in [-0.05, 0) is 17.7 Å². The van der Waals surface area contributed by atoms with E-state index in [1.807, 2.05) is 29.2 Å². The van der Waals surface area contributed by atoms with Crippen molar-refractivity contribution in [3.05, 3.63) is 76.4 Å². The van der Waals surface area contributed by atoms with E-state index in [9.17, 15) is 9.18 Å². The molecule has 1 aliphatic rings. The molecule has 0 aliphatic carbocycles. The van der Waals surface area contributed by atoms with E-state index in [-0.39, 0.29) is 18.3 Å². The molecule has 1 amide bonds. The fourth-order valence-corrected chi connectivity index (χ4v) is 4.99. The molecule has 3 aromatic rings. The molecule has 1 saturated heterocycles. The number of ether oxygens (including phenoxy) is 1. The Kier molecular flexibility index (Phi) is 6.57. The minimum absolute atomic E-state index is 0.0258. The normalized spacial score (nSPS) is 15.3. The number of benzene rings is 2. The van der Waals surface area contributed by atoms with Crippen molar-refractivity contribution < 1.29 is 13.9 Å². The number of nitrogens with zero attached hydrogens (tertiary/aromatic N) is 2. The van der Waals surface area contributed by atoms with Crippen LogP contribution in [0.15, 0.2) is 54.6 Å². The van der Waals surface area contributed by atoms with Crippen LogP contribution in [0.4, 0.5) is 4.39 Å². The van der Waals surface area contributed by atoms with E-state index < -0.39 is 0 Å². The molecule has 0 radical (unpaired) electrons. The molecule has 4 rings (SSSR count). The summed E-state index contributed by atoms with van der Waals surface area (Å²) in [6.45, 7) is 4.07. The highest BCUT2D eigenvalue weighted by Crippen LogP contribution is 2.34. The van der Waals surface area contributed by atoms with Gasteiger partial charge in [0.15, 0.2) is 0 Å². The van der Waals surface area contributed by atoms with E-state index in [4.69, 9.17) is 4.74 Å². The largest absolute Gasteiger partial charge is 0.380 e. The van der Waals surface area contributed by atoms with Gasteiger partial charge in [-0.1, -0.05) is 48.6 Å².